The molecule has 12 heavy (non-hydrogen) atoms. The van der Waals surface area contributed by atoms with Crippen molar-refractivity contribution in [1.29, 1.82) is 0 Å². The summed E-state index contributed by atoms with van der Waals surface area (Å²) in [7, 11) is 0. The maximum absolute atomic E-state index is 5.91. The maximum atomic E-state index is 5.91. The number of nitrogens with two attached hydrogens (primary N) is 1. The molecule has 2 bridgehead atoms. The van der Waals surface area contributed by atoms with Gasteiger partial charge in [0.15, 0.2) is 0 Å². The Balaban J connectivity index is 1.93. The Labute approximate surface area is 74.7 Å². The van der Waals surface area contributed by atoms with Gasteiger partial charge in [0.1, 0.15) is 0 Å². The second-order valence-corrected chi connectivity index (χ2v) is 5.50. The zero-order valence-electron chi connectivity index (χ0n) is 7.92. The van der Waals surface area contributed by atoms with Gasteiger partial charge >= 0.3 is 0 Å². The van der Waals surface area contributed by atoms with Gasteiger partial charge in [0.05, 0.1) is 0 Å². The van der Waals surface area contributed by atoms with E-state index in [0.29, 0.717) is 5.41 Å². The van der Waals surface area contributed by atoms with E-state index in [-0.39, 0.29) is 0 Å². The molecule has 68 valence electrons. The predicted octanol–water partition coefficient (Wildman–Crippen LogP) is 2.02. The molecule has 3 rings (SSSR count). The van der Waals surface area contributed by atoms with Gasteiger partial charge in [0, 0.05) is 0 Å². The monoisotopic (exact) mass is 165 g/mol. The van der Waals surface area contributed by atoms with E-state index in [0.717, 1.165) is 30.2 Å². The summed E-state index contributed by atoms with van der Waals surface area (Å²) in [4.78, 5) is 0. The van der Waals surface area contributed by atoms with Crippen LogP contribution >= 0.6 is 0 Å². The van der Waals surface area contributed by atoms with Crippen molar-refractivity contribution in [2.75, 3.05) is 6.54 Å². The molecule has 1 nitrogen and oxygen atoms in total. The Hall–Kier alpha value is -0.0400. The van der Waals surface area contributed by atoms with Crippen LogP contribution in [0.15, 0.2) is 0 Å². The maximum Gasteiger partial charge on any atom is -0.00177 e. The Kier molecular flexibility index (Phi) is 1.27. The molecule has 0 spiro atoms. The fourth-order valence-corrected chi connectivity index (χ4v) is 4.53. The van der Waals surface area contributed by atoms with Gasteiger partial charge in [0.2, 0.25) is 0 Å². The largest absolute Gasteiger partial charge is 0.330 e. The van der Waals surface area contributed by atoms with Crippen LogP contribution in [-0.2, 0) is 0 Å². The normalized spacial score (nSPS) is 61.5. The van der Waals surface area contributed by atoms with E-state index in [1.165, 1.54) is 19.3 Å². The van der Waals surface area contributed by atoms with E-state index in [2.05, 4.69) is 6.92 Å². The third-order valence-electron chi connectivity index (χ3n) is 5.25. The highest BCUT2D eigenvalue weighted by molar-refractivity contribution is 5.12. The van der Waals surface area contributed by atoms with Crippen LogP contribution in [0, 0.1) is 29.1 Å². The highest BCUT2D eigenvalue weighted by atomic mass is 14.7. The molecule has 1 heteroatoms. The summed E-state index contributed by atoms with van der Waals surface area (Å²) in [6.07, 6.45) is 6.05. The van der Waals surface area contributed by atoms with Crippen LogP contribution in [0.4, 0.5) is 0 Å². The Morgan fingerprint density at radius 3 is 2.83 bits per heavy atom. The van der Waals surface area contributed by atoms with Crippen molar-refractivity contribution in [3.8, 4) is 0 Å². The molecule has 2 N–H and O–H groups in total. The molecule has 0 aromatic heterocycles. The number of rotatable bonds is 1. The lowest BCUT2D eigenvalue weighted by atomic mass is 9.47. The van der Waals surface area contributed by atoms with Crippen LogP contribution in [0.2, 0.25) is 0 Å². The zero-order valence-corrected chi connectivity index (χ0v) is 7.92. The van der Waals surface area contributed by atoms with Crippen molar-refractivity contribution in [1.82, 2.24) is 0 Å². The fourth-order valence-electron chi connectivity index (χ4n) is 4.53. The molecule has 5 atom stereocenters. The molecule has 0 radical (unpaired) electrons. The van der Waals surface area contributed by atoms with E-state index in [1.54, 1.807) is 6.42 Å². The van der Waals surface area contributed by atoms with Crippen LogP contribution in [0.25, 0.3) is 0 Å². The number of hydrogen-bond acceptors (Lipinski definition) is 1. The summed E-state index contributed by atoms with van der Waals surface area (Å²) in [6.45, 7) is 3.37. The van der Waals surface area contributed by atoms with Crippen LogP contribution < -0.4 is 5.73 Å². The van der Waals surface area contributed by atoms with Gasteiger partial charge in [-0.25, -0.2) is 0 Å². The average Bonchev–Trinajstić information content (AvgIpc) is 2.29. The molecular formula is C11H19N. The van der Waals surface area contributed by atoms with Crippen LogP contribution in [-0.4, -0.2) is 6.54 Å². The molecule has 0 aromatic carbocycles. The Morgan fingerprint density at radius 1 is 1.25 bits per heavy atom. The van der Waals surface area contributed by atoms with Gasteiger partial charge in [-0.2, -0.15) is 0 Å². The first-order valence-corrected chi connectivity index (χ1v) is 5.46. The molecule has 3 aliphatic rings. The van der Waals surface area contributed by atoms with Crippen molar-refractivity contribution in [3.63, 3.8) is 0 Å². The molecule has 0 aromatic rings. The van der Waals surface area contributed by atoms with Crippen LogP contribution in [0.3, 0.4) is 0 Å². The highest BCUT2D eigenvalue weighted by Crippen LogP contribution is 2.68. The second-order valence-electron chi connectivity index (χ2n) is 5.50. The van der Waals surface area contributed by atoms with Crippen molar-refractivity contribution in [2.45, 2.75) is 32.6 Å². The third-order valence-corrected chi connectivity index (χ3v) is 5.25. The van der Waals surface area contributed by atoms with Crippen molar-refractivity contribution >= 4 is 0 Å². The zero-order chi connectivity index (χ0) is 8.34. The summed E-state index contributed by atoms with van der Waals surface area (Å²) in [6, 6.07) is 0. The molecule has 0 heterocycles. The SMILES string of the molecule is CC1(CN)C2CC[C@H]3CC2C1C3. The van der Waals surface area contributed by atoms with E-state index < -0.39 is 0 Å². The van der Waals surface area contributed by atoms with Gasteiger partial charge in [0.25, 0.3) is 0 Å². The minimum absolute atomic E-state index is 0.552. The van der Waals surface area contributed by atoms with Crippen molar-refractivity contribution in [2.24, 2.45) is 34.8 Å². The smallest absolute Gasteiger partial charge is 0.00177 e. The number of hydrogen-bond donors (Lipinski definition) is 1. The van der Waals surface area contributed by atoms with Gasteiger partial charge < -0.3 is 5.73 Å². The molecule has 4 unspecified atom stereocenters. The quantitative estimate of drug-likeness (QED) is 0.632. The number of fused-ring (bicyclic) bond motifs is 1. The van der Waals surface area contributed by atoms with Gasteiger partial charge in [-0.1, -0.05) is 13.3 Å². The lowest BCUT2D eigenvalue weighted by Gasteiger charge is -2.58. The van der Waals surface area contributed by atoms with Crippen molar-refractivity contribution in [3.05, 3.63) is 0 Å². The fraction of sp³-hybridized carbons (Fsp3) is 1.00. The van der Waals surface area contributed by atoms with Crippen LogP contribution in [0.1, 0.15) is 32.6 Å². The Morgan fingerprint density at radius 2 is 2.08 bits per heavy atom. The van der Waals surface area contributed by atoms with E-state index in [1.807, 2.05) is 0 Å². The third kappa shape index (κ3) is 0.618. The van der Waals surface area contributed by atoms with Crippen molar-refractivity contribution < 1.29 is 0 Å². The summed E-state index contributed by atoms with van der Waals surface area (Å²) < 4.78 is 0. The minimum atomic E-state index is 0.552. The second kappa shape index (κ2) is 2.06. The lowest BCUT2D eigenvalue weighted by Crippen LogP contribution is -2.56. The Bertz CT molecular complexity index is 205. The summed E-state index contributed by atoms with van der Waals surface area (Å²) >= 11 is 0. The molecule has 0 amide bonds. The van der Waals surface area contributed by atoms with E-state index in [9.17, 15) is 0 Å². The summed E-state index contributed by atoms with van der Waals surface area (Å²) in [5, 5.41) is 0. The average molecular weight is 165 g/mol. The first-order valence-electron chi connectivity index (χ1n) is 5.46. The summed E-state index contributed by atoms with van der Waals surface area (Å²) in [5.74, 6) is 4.20. The summed E-state index contributed by atoms with van der Waals surface area (Å²) in [5.41, 5.74) is 6.46. The minimum Gasteiger partial charge on any atom is -0.330 e. The predicted molar refractivity (Wildman–Crippen MR) is 49.6 cm³/mol. The highest BCUT2D eigenvalue weighted by Gasteiger charge is 2.63. The lowest BCUT2D eigenvalue weighted by molar-refractivity contribution is -0.0899. The first kappa shape index (κ1) is 7.37. The van der Waals surface area contributed by atoms with E-state index >= 15 is 0 Å². The van der Waals surface area contributed by atoms with Crippen LogP contribution in [0.5, 0.6) is 0 Å². The molecular weight excluding hydrogens is 146 g/mol. The standard InChI is InChI=1S/C11H19N/c1-11(6-12)9-3-2-7-4-8(9)10(11)5-7/h7-10H,2-6,12H2,1H3/t7-,8?,9?,10?,11?/m0/s1. The van der Waals surface area contributed by atoms with E-state index in [4.69, 9.17) is 5.73 Å². The molecule has 0 aliphatic heterocycles. The molecule has 3 fully saturated rings. The van der Waals surface area contributed by atoms with Gasteiger partial charge in [-0.05, 0) is 54.9 Å². The molecule has 0 saturated heterocycles. The topological polar surface area (TPSA) is 26.0 Å². The van der Waals surface area contributed by atoms with Gasteiger partial charge in [-0.3, -0.25) is 0 Å². The first-order chi connectivity index (χ1) is 5.75. The molecule has 3 aliphatic carbocycles. The molecule has 3 saturated carbocycles. The van der Waals surface area contributed by atoms with Gasteiger partial charge in [-0.15, -0.1) is 0 Å².